The summed E-state index contributed by atoms with van der Waals surface area (Å²) in [6.07, 6.45) is 6.49. The molecule has 2 N–H and O–H groups in total. The van der Waals surface area contributed by atoms with Gasteiger partial charge in [-0.1, -0.05) is 24.3 Å². The second-order valence-electron chi connectivity index (χ2n) is 5.74. The Labute approximate surface area is 113 Å². The number of aryl methyl sites for hydroxylation is 2. The Morgan fingerprint density at radius 2 is 1.95 bits per heavy atom. The lowest BCUT2D eigenvalue weighted by Gasteiger charge is -2.13. The number of hydrogen-bond donors (Lipinski definition) is 1. The Balaban J connectivity index is 1.75. The van der Waals surface area contributed by atoms with Crippen LogP contribution in [0.15, 0.2) is 36.5 Å². The zero-order chi connectivity index (χ0) is 12.8. The second-order valence-corrected chi connectivity index (χ2v) is 5.74. The van der Waals surface area contributed by atoms with Crippen LogP contribution in [0.3, 0.4) is 0 Å². The van der Waals surface area contributed by atoms with Gasteiger partial charge in [-0.3, -0.25) is 4.98 Å². The first-order valence-electron chi connectivity index (χ1n) is 7.15. The van der Waals surface area contributed by atoms with Gasteiger partial charge in [0.05, 0.1) is 5.69 Å². The summed E-state index contributed by atoms with van der Waals surface area (Å²) in [5.41, 5.74) is 13.0. The van der Waals surface area contributed by atoms with Crippen LogP contribution in [0.25, 0.3) is 0 Å². The summed E-state index contributed by atoms with van der Waals surface area (Å²) in [4.78, 5) is 4.60. The van der Waals surface area contributed by atoms with E-state index in [2.05, 4.69) is 29.2 Å². The zero-order valence-electron chi connectivity index (χ0n) is 11.0. The maximum atomic E-state index is 6.11. The van der Waals surface area contributed by atoms with Crippen molar-refractivity contribution in [2.45, 2.75) is 37.6 Å². The maximum absolute atomic E-state index is 6.11. The first-order valence-corrected chi connectivity index (χ1v) is 7.15. The van der Waals surface area contributed by atoms with Crippen molar-refractivity contribution in [2.75, 3.05) is 0 Å². The minimum absolute atomic E-state index is 0.248. The van der Waals surface area contributed by atoms with Crippen molar-refractivity contribution in [2.24, 2.45) is 5.73 Å². The molecule has 0 saturated carbocycles. The Hall–Kier alpha value is -1.67. The van der Waals surface area contributed by atoms with Gasteiger partial charge in [0.1, 0.15) is 0 Å². The fraction of sp³-hybridized carbons (Fsp3) is 0.353. The Bertz CT molecular complexity index is 633. The molecule has 0 fully saturated rings. The normalized spacial score (nSPS) is 24.3. The highest BCUT2D eigenvalue weighted by atomic mass is 14.7. The molecule has 2 atom stereocenters. The van der Waals surface area contributed by atoms with Gasteiger partial charge in [0.15, 0.2) is 0 Å². The smallest absolute Gasteiger partial charge is 0.0510 e. The molecular weight excluding hydrogens is 232 g/mol. The van der Waals surface area contributed by atoms with Crippen LogP contribution in [0.5, 0.6) is 0 Å². The standard InChI is InChI=1S/C17H18N2/c18-16-8-5-12-10-13(4-6-14(12)16)15-7-3-11-2-1-9-19-17(11)15/h1-2,4,6,9-10,15-16H,3,5,7-8,18H2. The molecule has 19 heavy (non-hydrogen) atoms. The van der Waals surface area contributed by atoms with E-state index in [1.54, 1.807) is 0 Å². The minimum Gasteiger partial charge on any atom is -0.324 e. The highest BCUT2D eigenvalue weighted by Crippen LogP contribution is 2.39. The van der Waals surface area contributed by atoms with E-state index < -0.39 is 0 Å². The molecule has 1 heterocycles. The average Bonchev–Trinajstić information content (AvgIpc) is 3.03. The molecule has 96 valence electrons. The highest BCUT2D eigenvalue weighted by Gasteiger charge is 2.27. The van der Waals surface area contributed by atoms with Crippen molar-refractivity contribution in [3.63, 3.8) is 0 Å². The van der Waals surface area contributed by atoms with Crippen molar-refractivity contribution in [3.8, 4) is 0 Å². The van der Waals surface area contributed by atoms with Crippen LogP contribution in [-0.4, -0.2) is 4.98 Å². The number of nitrogens with zero attached hydrogens (tertiary/aromatic N) is 1. The molecule has 0 radical (unpaired) electrons. The van der Waals surface area contributed by atoms with Crippen LogP contribution in [0.1, 0.15) is 52.7 Å². The fourth-order valence-corrected chi connectivity index (χ4v) is 3.62. The lowest BCUT2D eigenvalue weighted by Crippen LogP contribution is -2.05. The van der Waals surface area contributed by atoms with Crippen LogP contribution >= 0.6 is 0 Å². The van der Waals surface area contributed by atoms with E-state index in [0.29, 0.717) is 5.92 Å². The SMILES string of the molecule is NC1CCc2cc(C3CCc4cccnc43)ccc21. The molecule has 4 rings (SSSR count). The lowest BCUT2D eigenvalue weighted by atomic mass is 9.93. The molecule has 1 aromatic carbocycles. The van der Waals surface area contributed by atoms with Crippen LogP contribution in [-0.2, 0) is 12.8 Å². The molecule has 0 saturated heterocycles. The van der Waals surface area contributed by atoms with Crippen LogP contribution in [0, 0.1) is 0 Å². The number of pyridine rings is 1. The van der Waals surface area contributed by atoms with Crippen molar-refractivity contribution in [1.82, 2.24) is 4.98 Å². The molecule has 0 bridgehead atoms. The zero-order valence-corrected chi connectivity index (χ0v) is 11.0. The summed E-state index contributed by atoms with van der Waals surface area (Å²) in [6, 6.07) is 11.4. The molecule has 2 aliphatic rings. The topological polar surface area (TPSA) is 38.9 Å². The fourth-order valence-electron chi connectivity index (χ4n) is 3.62. The molecule has 2 heteroatoms. The summed E-state index contributed by atoms with van der Waals surface area (Å²) >= 11 is 0. The van der Waals surface area contributed by atoms with E-state index in [-0.39, 0.29) is 6.04 Å². The van der Waals surface area contributed by atoms with Gasteiger partial charge in [-0.15, -0.1) is 0 Å². The van der Waals surface area contributed by atoms with Gasteiger partial charge < -0.3 is 5.73 Å². The number of rotatable bonds is 1. The summed E-state index contributed by atoms with van der Waals surface area (Å²) in [5, 5.41) is 0. The molecule has 1 aromatic heterocycles. The number of hydrogen-bond acceptors (Lipinski definition) is 2. The van der Waals surface area contributed by atoms with Crippen LogP contribution < -0.4 is 5.73 Å². The average molecular weight is 250 g/mol. The minimum atomic E-state index is 0.248. The van der Waals surface area contributed by atoms with Gasteiger partial charge in [0, 0.05) is 18.2 Å². The van der Waals surface area contributed by atoms with E-state index in [0.717, 1.165) is 19.3 Å². The lowest BCUT2D eigenvalue weighted by molar-refractivity contribution is 0.713. The number of nitrogens with two attached hydrogens (primary N) is 1. The summed E-state index contributed by atoms with van der Waals surface area (Å²) in [7, 11) is 0. The first kappa shape index (κ1) is 11.2. The van der Waals surface area contributed by atoms with Crippen LogP contribution in [0.4, 0.5) is 0 Å². The highest BCUT2D eigenvalue weighted by molar-refractivity contribution is 5.43. The first-order chi connectivity index (χ1) is 9.33. The van der Waals surface area contributed by atoms with Crippen molar-refractivity contribution in [1.29, 1.82) is 0 Å². The molecule has 0 aliphatic heterocycles. The van der Waals surface area contributed by atoms with E-state index in [9.17, 15) is 0 Å². The number of benzene rings is 1. The maximum Gasteiger partial charge on any atom is 0.0510 e. The van der Waals surface area contributed by atoms with E-state index in [4.69, 9.17) is 5.73 Å². The van der Waals surface area contributed by atoms with Gasteiger partial charge in [-0.25, -0.2) is 0 Å². The van der Waals surface area contributed by atoms with E-state index in [1.165, 1.54) is 34.4 Å². The van der Waals surface area contributed by atoms with Crippen molar-refractivity contribution >= 4 is 0 Å². The van der Waals surface area contributed by atoms with Gasteiger partial charge in [0.25, 0.3) is 0 Å². The molecule has 2 aliphatic carbocycles. The molecule has 2 unspecified atom stereocenters. The summed E-state index contributed by atoms with van der Waals surface area (Å²) in [5.74, 6) is 0.485. The van der Waals surface area contributed by atoms with Crippen molar-refractivity contribution in [3.05, 3.63) is 64.5 Å². The predicted octanol–water partition coefficient (Wildman–Crippen LogP) is 3.11. The Morgan fingerprint density at radius 3 is 2.89 bits per heavy atom. The summed E-state index contributed by atoms with van der Waals surface area (Å²) in [6.45, 7) is 0. The third kappa shape index (κ3) is 1.71. The van der Waals surface area contributed by atoms with Gasteiger partial charge in [-0.05, 0) is 54.0 Å². The third-order valence-electron chi connectivity index (χ3n) is 4.65. The second kappa shape index (κ2) is 4.17. The summed E-state index contributed by atoms with van der Waals surface area (Å²) < 4.78 is 0. The molecule has 0 amide bonds. The third-order valence-corrected chi connectivity index (χ3v) is 4.65. The molecule has 2 aromatic rings. The van der Waals surface area contributed by atoms with Gasteiger partial charge >= 0.3 is 0 Å². The monoisotopic (exact) mass is 250 g/mol. The quantitative estimate of drug-likeness (QED) is 0.844. The molecular formula is C17H18N2. The van der Waals surface area contributed by atoms with E-state index >= 15 is 0 Å². The predicted molar refractivity (Wildman–Crippen MR) is 76.1 cm³/mol. The Morgan fingerprint density at radius 1 is 1.05 bits per heavy atom. The largest absolute Gasteiger partial charge is 0.324 e. The number of fused-ring (bicyclic) bond motifs is 2. The van der Waals surface area contributed by atoms with E-state index in [1.807, 2.05) is 12.3 Å². The van der Waals surface area contributed by atoms with Gasteiger partial charge in [0.2, 0.25) is 0 Å². The number of aromatic nitrogens is 1. The van der Waals surface area contributed by atoms with Gasteiger partial charge in [-0.2, -0.15) is 0 Å². The van der Waals surface area contributed by atoms with Crippen LogP contribution in [0.2, 0.25) is 0 Å². The molecule has 0 spiro atoms. The molecule has 2 nitrogen and oxygen atoms in total. The van der Waals surface area contributed by atoms with Crippen molar-refractivity contribution < 1.29 is 0 Å². The Kier molecular flexibility index (Phi) is 2.46.